The molecule has 0 radical (unpaired) electrons. The molecule has 1 aliphatic heterocycles. The van der Waals surface area contributed by atoms with Gasteiger partial charge in [0.1, 0.15) is 5.69 Å². The Morgan fingerprint density at radius 3 is 2.83 bits per heavy atom. The number of nitrogens with zero attached hydrogens (tertiary/aromatic N) is 2. The van der Waals surface area contributed by atoms with Crippen LogP contribution in [-0.4, -0.2) is 28.9 Å². The largest absolute Gasteiger partial charge is 0.337 e. The highest BCUT2D eigenvalue weighted by Gasteiger charge is 2.20. The standard InChI is InChI=1S/C8H10N2OS/c11-8(7-5-12-6-9-7)10-3-1-2-4-10/h5-6H,1-4H2. The van der Waals surface area contributed by atoms with E-state index in [1.54, 1.807) is 10.9 Å². The third kappa shape index (κ3) is 1.34. The van der Waals surface area contributed by atoms with Crippen LogP contribution in [-0.2, 0) is 0 Å². The smallest absolute Gasteiger partial charge is 0.273 e. The molecule has 2 heterocycles. The van der Waals surface area contributed by atoms with E-state index in [0.29, 0.717) is 5.69 Å². The van der Waals surface area contributed by atoms with Crippen LogP contribution in [0.5, 0.6) is 0 Å². The van der Waals surface area contributed by atoms with Crippen LogP contribution in [0.1, 0.15) is 23.3 Å². The Morgan fingerprint density at radius 1 is 1.50 bits per heavy atom. The van der Waals surface area contributed by atoms with E-state index >= 15 is 0 Å². The molecule has 1 fully saturated rings. The zero-order valence-electron chi connectivity index (χ0n) is 6.69. The lowest BCUT2D eigenvalue weighted by atomic mass is 10.4. The van der Waals surface area contributed by atoms with Gasteiger partial charge in [0.2, 0.25) is 0 Å². The minimum absolute atomic E-state index is 0.0914. The summed E-state index contributed by atoms with van der Waals surface area (Å²) in [6.45, 7) is 1.80. The summed E-state index contributed by atoms with van der Waals surface area (Å²) in [5, 5.41) is 1.81. The van der Waals surface area contributed by atoms with Crippen LogP contribution in [0, 0.1) is 0 Å². The van der Waals surface area contributed by atoms with Crippen LogP contribution < -0.4 is 0 Å². The van der Waals surface area contributed by atoms with Gasteiger partial charge in [0.25, 0.3) is 5.91 Å². The zero-order chi connectivity index (χ0) is 8.39. The first-order valence-corrected chi connectivity index (χ1v) is 4.99. The second-order valence-electron chi connectivity index (χ2n) is 2.87. The third-order valence-corrected chi connectivity index (χ3v) is 2.63. The van der Waals surface area contributed by atoms with Crippen molar-refractivity contribution in [2.24, 2.45) is 0 Å². The van der Waals surface area contributed by atoms with Crippen molar-refractivity contribution in [3.63, 3.8) is 0 Å². The fraction of sp³-hybridized carbons (Fsp3) is 0.500. The minimum atomic E-state index is 0.0914. The van der Waals surface area contributed by atoms with E-state index in [4.69, 9.17) is 0 Å². The average Bonchev–Trinajstić information content (AvgIpc) is 2.77. The summed E-state index contributed by atoms with van der Waals surface area (Å²) in [6.07, 6.45) is 2.27. The Morgan fingerprint density at radius 2 is 2.25 bits per heavy atom. The lowest BCUT2D eigenvalue weighted by Gasteiger charge is -2.12. The summed E-state index contributed by atoms with van der Waals surface area (Å²) in [5.41, 5.74) is 2.30. The van der Waals surface area contributed by atoms with E-state index in [1.807, 2.05) is 4.90 Å². The third-order valence-electron chi connectivity index (χ3n) is 2.04. The van der Waals surface area contributed by atoms with Gasteiger partial charge in [-0.2, -0.15) is 0 Å². The van der Waals surface area contributed by atoms with Gasteiger partial charge in [0.05, 0.1) is 5.51 Å². The topological polar surface area (TPSA) is 33.2 Å². The molecule has 2 rings (SSSR count). The van der Waals surface area contributed by atoms with Crippen LogP contribution >= 0.6 is 11.3 Å². The van der Waals surface area contributed by atoms with E-state index < -0.39 is 0 Å². The molecule has 0 atom stereocenters. The Kier molecular flexibility index (Phi) is 2.08. The summed E-state index contributed by atoms with van der Waals surface area (Å²) in [5.74, 6) is 0.0914. The Balaban J connectivity index is 2.09. The average molecular weight is 182 g/mol. The number of thiazole rings is 1. The van der Waals surface area contributed by atoms with Gasteiger partial charge in [0, 0.05) is 18.5 Å². The first-order chi connectivity index (χ1) is 5.88. The number of hydrogen-bond donors (Lipinski definition) is 0. The van der Waals surface area contributed by atoms with E-state index in [0.717, 1.165) is 25.9 Å². The lowest BCUT2D eigenvalue weighted by Crippen LogP contribution is -2.27. The SMILES string of the molecule is O=C(c1cscn1)N1CCCC1. The maximum atomic E-state index is 11.6. The van der Waals surface area contributed by atoms with Crippen molar-refractivity contribution in [1.82, 2.24) is 9.88 Å². The molecule has 0 saturated carbocycles. The molecule has 0 bridgehead atoms. The van der Waals surface area contributed by atoms with Gasteiger partial charge in [-0.1, -0.05) is 0 Å². The van der Waals surface area contributed by atoms with Crippen LogP contribution in [0.25, 0.3) is 0 Å². The van der Waals surface area contributed by atoms with Crippen LogP contribution in [0.2, 0.25) is 0 Å². The lowest BCUT2D eigenvalue weighted by molar-refractivity contribution is 0.0788. The quantitative estimate of drug-likeness (QED) is 0.657. The summed E-state index contributed by atoms with van der Waals surface area (Å²) >= 11 is 1.47. The summed E-state index contributed by atoms with van der Waals surface area (Å²) < 4.78 is 0. The van der Waals surface area contributed by atoms with Gasteiger partial charge in [-0.05, 0) is 12.8 Å². The van der Waals surface area contributed by atoms with Crippen LogP contribution in [0.3, 0.4) is 0 Å². The fourth-order valence-corrected chi connectivity index (χ4v) is 1.93. The minimum Gasteiger partial charge on any atom is -0.337 e. The highest BCUT2D eigenvalue weighted by Crippen LogP contribution is 2.12. The molecule has 64 valence electrons. The molecule has 0 unspecified atom stereocenters. The number of hydrogen-bond acceptors (Lipinski definition) is 3. The summed E-state index contributed by atoms with van der Waals surface area (Å²) in [6, 6.07) is 0. The molecule has 1 aliphatic rings. The molecule has 0 aliphatic carbocycles. The maximum absolute atomic E-state index is 11.6. The maximum Gasteiger partial charge on any atom is 0.273 e. The van der Waals surface area contributed by atoms with Crippen LogP contribution in [0.4, 0.5) is 0 Å². The van der Waals surface area contributed by atoms with Crippen molar-refractivity contribution in [2.75, 3.05) is 13.1 Å². The summed E-state index contributed by atoms with van der Waals surface area (Å²) in [7, 11) is 0. The molecular formula is C8H10N2OS. The van der Waals surface area contributed by atoms with Gasteiger partial charge in [-0.3, -0.25) is 4.79 Å². The van der Waals surface area contributed by atoms with E-state index in [-0.39, 0.29) is 5.91 Å². The first kappa shape index (κ1) is 7.73. The van der Waals surface area contributed by atoms with Gasteiger partial charge in [-0.25, -0.2) is 4.98 Å². The Hall–Kier alpha value is -0.900. The Labute approximate surface area is 75.0 Å². The fourth-order valence-electron chi connectivity index (χ4n) is 1.40. The molecule has 0 aromatic carbocycles. The van der Waals surface area contributed by atoms with Gasteiger partial charge in [0.15, 0.2) is 0 Å². The normalized spacial score (nSPS) is 16.8. The number of likely N-dealkylation sites (tertiary alicyclic amines) is 1. The second kappa shape index (κ2) is 3.23. The molecule has 1 amide bonds. The van der Waals surface area contributed by atoms with Crippen molar-refractivity contribution in [3.8, 4) is 0 Å². The monoisotopic (exact) mass is 182 g/mol. The zero-order valence-corrected chi connectivity index (χ0v) is 7.51. The molecule has 12 heavy (non-hydrogen) atoms. The highest BCUT2D eigenvalue weighted by atomic mass is 32.1. The molecule has 1 aromatic rings. The molecule has 0 N–H and O–H groups in total. The molecule has 1 aromatic heterocycles. The van der Waals surface area contributed by atoms with Crippen molar-refractivity contribution in [1.29, 1.82) is 0 Å². The predicted octanol–water partition coefficient (Wildman–Crippen LogP) is 1.38. The number of amides is 1. The second-order valence-corrected chi connectivity index (χ2v) is 3.59. The van der Waals surface area contributed by atoms with Crippen molar-refractivity contribution < 1.29 is 4.79 Å². The number of carbonyl (C=O) groups excluding carboxylic acids is 1. The molecule has 0 spiro atoms. The van der Waals surface area contributed by atoms with Gasteiger partial charge < -0.3 is 4.90 Å². The number of aromatic nitrogens is 1. The van der Waals surface area contributed by atoms with Crippen molar-refractivity contribution in [2.45, 2.75) is 12.8 Å². The molecule has 1 saturated heterocycles. The van der Waals surface area contributed by atoms with Crippen LogP contribution in [0.15, 0.2) is 10.9 Å². The van der Waals surface area contributed by atoms with Gasteiger partial charge in [-0.15, -0.1) is 11.3 Å². The van der Waals surface area contributed by atoms with Crippen molar-refractivity contribution >= 4 is 17.2 Å². The first-order valence-electron chi connectivity index (χ1n) is 4.05. The molecular weight excluding hydrogens is 172 g/mol. The highest BCUT2D eigenvalue weighted by molar-refractivity contribution is 7.07. The summed E-state index contributed by atoms with van der Waals surface area (Å²) in [4.78, 5) is 17.4. The Bertz CT molecular complexity index is 265. The molecule has 3 nitrogen and oxygen atoms in total. The van der Waals surface area contributed by atoms with Crippen molar-refractivity contribution in [3.05, 3.63) is 16.6 Å². The number of rotatable bonds is 1. The van der Waals surface area contributed by atoms with E-state index in [1.165, 1.54) is 11.3 Å². The molecule has 4 heteroatoms. The van der Waals surface area contributed by atoms with E-state index in [9.17, 15) is 4.79 Å². The van der Waals surface area contributed by atoms with E-state index in [2.05, 4.69) is 4.98 Å². The predicted molar refractivity (Wildman–Crippen MR) is 47.3 cm³/mol. The van der Waals surface area contributed by atoms with Gasteiger partial charge >= 0.3 is 0 Å². The number of carbonyl (C=O) groups is 1.